The van der Waals surface area contributed by atoms with Crippen LogP contribution in [0.2, 0.25) is 0 Å². The van der Waals surface area contributed by atoms with Crippen LogP contribution in [0.5, 0.6) is 0 Å². The molecule has 0 radical (unpaired) electrons. The molecule has 108 valence electrons. The van der Waals surface area contributed by atoms with Crippen molar-refractivity contribution in [1.82, 2.24) is 10.2 Å². The molecule has 0 aromatic carbocycles. The third-order valence-corrected chi connectivity index (χ3v) is 2.90. The van der Waals surface area contributed by atoms with Crippen LogP contribution in [0.4, 0.5) is 0 Å². The molecule has 0 aromatic rings. The maximum Gasteiger partial charge on any atom is 0.0319 e. The molecule has 18 heavy (non-hydrogen) atoms. The summed E-state index contributed by atoms with van der Waals surface area (Å²) in [5, 5.41) is 3.39. The van der Waals surface area contributed by atoms with Crippen molar-refractivity contribution in [3.8, 4) is 0 Å². The van der Waals surface area contributed by atoms with Crippen molar-refractivity contribution in [1.29, 1.82) is 0 Å². The Bertz CT molecular complexity index is 213. The van der Waals surface area contributed by atoms with Gasteiger partial charge in [-0.1, -0.05) is 39.8 Å². The Balaban J connectivity index is 0. The Morgan fingerprint density at radius 1 is 1.06 bits per heavy atom. The van der Waals surface area contributed by atoms with Crippen LogP contribution in [-0.2, 0) is 0 Å². The fraction of sp³-hybridized carbons (Fsp3) is 0.750. The first-order chi connectivity index (χ1) is 8.79. The van der Waals surface area contributed by atoms with Gasteiger partial charge in [0.05, 0.1) is 0 Å². The van der Waals surface area contributed by atoms with Gasteiger partial charge >= 0.3 is 0 Å². The molecule has 0 amide bonds. The first kappa shape index (κ1) is 19.6. The number of likely N-dealkylation sites (N-methyl/N-ethyl adjacent to an activating group) is 1. The highest BCUT2D eigenvalue weighted by Crippen LogP contribution is 2.15. The van der Waals surface area contributed by atoms with E-state index in [4.69, 9.17) is 0 Å². The number of nitrogens with zero attached hydrogens (tertiary/aromatic N) is 1. The molecular weight excluding hydrogens is 220 g/mol. The molecule has 2 nitrogen and oxygen atoms in total. The molecule has 2 heteroatoms. The summed E-state index contributed by atoms with van der Waals surface area (Å²) in [5.41, 5.74) is 1.33. The van der Waals surface area contributed by atoms with Gasteiger partial charge in [0.15, 0.2) is 0 Å². The number of hydrogen-bond acceptors (Lipinski definition) is 2. The highest BCUT2D eigenvalue weighted by atomic mass is 15.1. The SMILES string of the molecule is C/C=C\C(=C/C)N(C)C1CCNCC1.CC.CC. The predicted molar refractivity (Wildman–Crippen MR) is 84.9 cm³/mol. The van der Waals surface area contributed by atoms with Gasteiger partial charge in [-0.25, -0.2) is 0 Å². The molecule has 1 N–H and O–H groups in total. The molecular formula is C16H34N2. The third kappa shape index (κ3) is 7.54. The molecule has 1 rings (SSSR count). The Morgan fingerprint density at radius 2 is 1.56 bits per heavy atom. The van der Waals surface area contributed by atoms with Gasteiger partial charge in [-0.3, -0.25) is 0 Å². The van der Waals surface area contributed by atoms with E-state index in [2.05, 4.69) is 49.3 Å². The summed E-state index contributed by atoms with van der Waals surface area (Å²) in [4.78, 5) is 2.40. The summed E-state index contributed by atoms with van der Waals surface area (Å²) in [6.45, 7) is 14.5. The highest BCUT2D eigenvalue weighted by molar-refractivity contribution is 5.16. The third-order valence-electron chi connectivity index (χ3n) is 2.90. The van der Waals surface area contributed by atoms with Crippen LogP contribution in [0.25, 0.3) is 0 Å². The average molecular weight is 254 g/mol. The van der Waals surface area contributed by atoms with Gasteiger partial charge in [0.1, 0.15) is 0 Å². The lowest BCUT2D eigenvalue weighted by atomic mass is 10.0. The maximum atomic E-state index is 3.39. The lowest BCUT2D eigenvalue weighted by molar-refractivity contribution is 0.251. The number of rotatable bonds is 3. The standard InChI is InChI=1S/C12H22N2.2C2H6/c1-4-6-11(5-2)14(3)12-7-9-13-10-8-12;2*1-2/h4-6,12-13H,7-10H2,1-3H3;2*1-2H3/b6-4-,11-5+;;. The topological polar surface area (TPSA) is 15.3 Å². The van der Waals surface area contributed by atoms with Gasteiger partial charge in [-0.05, 0) is 45.9 Å². The van der Waals surface area contributed by atoms with E-state index in [1.165, 1.54) is 18.5 Å². The summed E-state index contributed by atoms with van der Waals surface area (Å²) in [5.74, 6) is 0. The van der Waals surface area contributed by atoms with Crippen LogP contribution in [0.1, 0.15) is 54.4 Å². The molecule has 1 saturated heterocycles. The second kappa shape index (κ2) is 14.3. The predicted octanol–water partition coefficient (Wildman–Crippen LogP) is 4.20. The lowest BCUT2D eigenvalue weighted by Crippen LogP contribution is -2.40. The first-order valence-electron chi connectivity index (χ1n) is 7.52. The fourth-order valence-corrected chi connectivity index (χ4v) is 1.99. The summed E-state index contributed by atoms with van der Waals surface area (Å²) < 4.78 is 0. The molecule has 0 atom stereocenters. The van der Waals surface area contributed by atoms with Crippen molar-refractivity contribution in [2.24, 2.45) is 0 Å². The van der Waals surface area contributed by atoms with Gasteiger partial charge in [-0.15, -0.1) is 0 Å². The van der Waals surface area contributed by atoms with Crippen molar-refractivity contribution in [2.75, 3.05) is 20.1 Å². The summed E-state index contributed by atoms with van der Waals surface area (Å²) in [7, 11) is 2.20. The second-order valence-corrected chi connectivity index (χ2v) is 3.81. The fourth-order valence-electron chi connectivity index (χ4n) is 1.99. The van der Waals surface area contributed by atoms with E-state index < -0.39 is 0 Å². The Hall–Kier alpha value is -0.760. The van der Waals surface area contributed by atoms with E-state index in [9.17, 15) is 0 Å². The van der Waals surface area contributed by atoms with E-state index in [0.717, 1.165) is 13.1 Å². The van der Waals surface area contributed by atoms with Crippen molar-refractivity contribution in [2.45, 2.75) is 60.4 Å². The molecule has 0 saturated carbocycles. The smallest absolute Gasteiger partial charge is 0.0319 e. The van der Waals surface area contributed by atoms with Crippen LogP contribution < -0.4 is 5.32 Å². The minimum absolute atomic E-state index is 0.707. The number of hydrogen-bond donors (Lipinski definition) is 1. The van der Waals surface area contributed by atoms with Gasteiger partial charge in [0, 0.05) is 18.8 Å². The van der Waals surface area contributed by atoms with Crippen molar-refractivity contribution < 1.29 is 0 Å². The van der Waals surface area contributed by atoms with Gasteiger partial charge in [-0.2, -0.15) is 0 Å². The molecule has 1 fully saturated rings. The molecule has 1 aliphatic heterocycles. The largest absolute Gasteiger partial charge is 0.372 e. The Kier molecular flexibility index (Phi) is 15.6. The first-order valence-corrected chi connectivity index (χ1v) is 7.52. The quantitative estimate of drug-likeness (QED) is 0.759. The number of nitrogens with one attached hydrogen (secondary N) is 1. The van der Waals surface area contributed by atoms with E-state index in [1.807, 2.05) is 27.7 Å². The van der Waals surface area contributed by atoms with E-state index in [-0.39, 0.29) is 0 Å². The van der Waals surface area contributed by atoms with Crippen molar-refractivity contribution >= 4 is 0 Å². The van der Waals surface area contributed by atoms with Gasteiger partial charge in [0.25, 0.3) is 0 Å². The average Bonchev–Trinajstić information content (AvgIpc) is 2.49. The van der Waals surface area contributed by atoms with Crippen LogP contribution in [-0.4, -0.2) is 31.1 Å². The zero-order valence-corrected chi connectivity index (χ0v) is 13.6. The minimum Gasteiger partial charge on any atom is -0.372 e. The molecule has 1 heterocycles. The zero-order valence-electron chi connectivity index (χ0n) is 13.6. The summed E-state index contributed by atoms with van der Waals surface area (Å²) in [6, 6.07) is 0.707. The monoisotopic (exact) mass is 254 g/mol. The lowest BCUT2D eigenvalue weighted by Gasteiger charge is -2.34. The van der Waals surface area contributed by atoms with Gasteiger partial charge in [0.2, 0.25) is 0 Å². The molecule has 1 aliphatic rings. The summed E-state index contributed by atoms with van der Waals surface area (Å²) in [6.07, 6.45) is 8.98. The van der Waals surface area contributed by atoms with Crippen LogP contribution in [0, 0.1) is 0 Å². The van der Waals surface area contributed by atoms with E-state index in [0.29, 0.717) is 6.04 Å². The molecule has 0 spiro atoms. The molecule has 0 aromatic heterocycles. The van der Waals surface area contributed by atoms with Crippen molar-refractivity contribution in [3.05, 3.63) is 23.9 Å². The minimum atomic E-state index is 0.707. The van der Waals surface area contributed by atoms with E-state index in [1.54, 1.807) is 0 Å². The zero-order chi connectivity index (χ0) is 14.4. The number of piperidine rings is 1. The summed E-state index contributed by atoms with van der Waals surface area (Å²) >= 11 is 0. The Morgan fingerprint density at radius 3 is 1.94 bits per heavy atom. The van der Waals surface area contributed by atoms with Crippen LogP contribution in [0.15, 0.2) is 23.9 Å². The number of allylic oxidation sites excluding steroid dienone is 3. The maximum absolute atomic E-state index is 3.39. The van der Waals surface area contributed by atoms with Crippen molar-refractivity contribution in [3.63, 3.8) is 0 Å². The molecule has 0 unspecified atom stereocenters. The normalized spacial score (nSPS) is 16.5. The van der Waals surface area contributed by atoms with Crippen LogP contribution >= 0.6 is 0 Å². The Labute approximate surface area is 115 Å². The second-order valence-electron chi connectivity index (χ2n) is 3.81. The van der Waals surface area contributed by atoms with Gasteiger partial charge < -0.3 is 10.2 Å². The highest BCUT2D eigenvalue weighted by Gasteiger charge is 2.17. The van der Waals surface area contributed by atoms with E-state index >= 15 is 0 Å². The molecule has 0 bridgehead atoms. The molecule has 0 aliphatic carbocycles. The van der Waals surface area contributed by atoms with Crippen LogP contribution in [0.3, 0.4) is 0 Å².